The molecule has 27 heavy (non-hydrogen) atoms. The van der Waals surface area contributed by atoms with Gasteiger partial charge in [-0.15, -0.1) is 24.0 Å². The second-order valence-electron chi connectivity index (χ2n) is 8.29. The van der Waals surface area contributed by atoms with Crippen molar-refractivity contribution in [3.63, 3.8) is 0 Å². The standard InChI is InChI=1S/C20H40N4O2.HI/c1-7-21-19(23-11-9-18(10-12-23)25-8-2)22-15-20(5,6)24-13-16(3)26-17(4)14-24;/h16-18H,7-15H2,1-6H3,(H,21,22);1H. The fraction of sp³-hybridized carbons (Fsp3) is 0.950. The molecule has 2 aliphatic heterocycles. The predicted molar refractivity (Wildman–Crippen MR) is 123 cm³/mol. The summed E-state index contributed by atoms with van der Waals surface area (Å²) < 4.78 is 11.7. The Hall–Kier alpha value is -0.120. The largest absolute Gasteiger partial charge is 0.378 e. The van der Waals surface area contributed by atoms with Crippen LogP contribution in [0.2, 0.25) is 0 Å². The van der Waals surface area contributed by atoms with E-state index < -0.39 is 0 Å². The highest BCUT2D eigenvalue weighted by atomic mass is 127. The summed E-state index contributed by atoms with van der Waals surface area (Å²) in [4.78, 5) is 9.93. The molecule has 2 unspecified atom stereocenters. The van der Waals surface area contributed by atoms with Crippen LogP contribution in [0.25, 0.3) is 0 Å². The van der Waals surface area contributed by atoms with E-state index in [0.717, 1.165) is 64.7 Å². The van der Waals surface area contributed by atoms with Crippen LogP contribution in [0.15, 0.2) is 4.99 Å². The van der Waals surface area contributed by atoms with Gasteiger partial charge in [0.15, 0.2) is 5.96 Å². The van der Waals surface area contributed by atoms with Crippen molar-refractivity contribution >= 4 is 29.9 Å². The second-order valence-corrected chi connectivity index (χ2v) is 8.29. The molecule has 0 aromatic rings. The first-order chi connectivity index (χ1) is 12.4. The van der Waals surface area contributed by atoms with E-state index >= 15 is 0 Å². The minimum Gasteiger partial charge on any atom is -0.378 e. The molecular formula is C20H41IN4O2. The third-order valence-corrected chi connectivity index (χ3v) is 5.37. The number of hydrogen-bond donors (Lipinski definition) is 1. The number of morpholine rings is 1. The van der Waals surface area contributed by atoms with E-state index in [1.807, 2.05) is 0 Å². The molecule has 0 aliphatic carbocycles. The summed E-state index contributed by atoms with van der Waals surface area (Å²) in [5.41, 5.74) is 0.0244. The molecule has 0 spiro atoms. The number of rotatable bonds is 6. The zero-order chi connectivity index (χ0) is 19.2. The molecule has 2 atom stereocenters. The van der Waals surface area contributed by atoms with Gasteiger partial charge in [-0.05, 0) is 54.4 Å². The molecule has 0 aromatic heterocycles. The Morgan fingerprint density at radius 1 is 1.15 bits per heavy atom. The van der Waals surface area contributed by atoms with Crippen LogP contribution in [-0.4, -0.2) is 85.5 Å². The van der Waals surface area contributed by atoms with Crippen LogP contribution >= 0.6 is 24.0 Å². The highest BCUT2D eigenvalue weighted by Gasteiger charge is 2.33. The van der Waals surface area contributed by atoms with E-state index in [1.165, 1.54) is 0 Å². The Kier molecular flexibility index (Phi) is 10.9. The number of nitrogens with one attached hydrogen (secondary N) is 1. The average Bonchev–Trinajstić information content (AvgIpc) is 2.59. The molecule has 2 rings (SSSR count). The van der Waals surface area contributed by atoms with E-state index in [9.17, 15) is 0 Å². The highest BCUT2D eigenvalue weighted by molar-refractivity contribution is 14.0. The van der Waals surface area contributed by atoms with Gasteiger partial charge in [0.25, 0.3) is 0 Å². The van der Waals surface area contributed by atoms with Crippen molar-refractivity contribution in [1.29, 1.82) is 0 Å². The normalized spacial score (nSPS) is 26.0. The number of aliphatic imine (C=N–C) groups is 1. The number of hydrogen-bond acceptors (Lipinski definition) is 4. The zero-order valence-electron chi connectivity index (χ0n) is 18.2. The third kappa shape index (κ3) is 7.66. The van der Waals surface area contributed by atoms with Crippen LogP contribution in [0.1, 0.15) is 54.4 Å². The molecule has 0 aromatic carbocycles. The van der Waals surface area contributed by atoms with Crippen molar-refractivity contribution < 1.29 is 9.47 Å². The topological polar surface area (TPSA) is 49.3 Å². The molecule has 2 saturated heterocycles. The molecule has 0 saturated carbocycles. The molecule has 0 radical (unpaired) electrons. The van der Waals surface area contributed by atoms with Gasteiger partial charge in [0, 0.05) is 44.9 Å². The number of ether oxygens (including phenoxy) is 2. The fourth-order valence-electron chi connectivity index (χ4n) is 3.94. The van der Waals surface area contributed by atoms with Gasteiger partial charge in [-0.2, -0.15) is 0 Å². The lowest BCUT2D eigenvalue weighted by Crippen LogP contribution is -2.56. The lowest BCUT2D eigenvalue weighted by molar-refractivity contribution is -0.0939. The van der Waals surface area contributed by atoms with Crippen molar-refractivity contribution in [3.05, 3.63) is 0 Å². The first kappa shape index (κ1) is 24.9. The third-order valence-electron chi connectivity index (χ3n) is 5.37. The minimum atomic E-state index is 0. The molecule has 6 nitrogen and oxygen atoms in total. The fourth-order valence-corrected chi connectivity index (χ4v) is 3.94. The molecule has 0 bridgehead atoms. The van der Waals surface area contributed by atoms with E-state index in [1.54, 1.807) is 0 Å². The number of likely N-dealkylation sites (tertiary alicyclic amines) is 1. The van der Waals surface area contributed by atoms with E-state index in [4.69, 9.17) is 14.5 Å². The predicted octanol–water partition coefficient (Wildman–Crippen LogP) is 2.96. The van der Waals surface area contributed by atoms with Crippen molar-refractivity contribution in [2.45, 2.75) is 78.2 Å². The van der Waals surface area contributed by atoms with Crippen LogP contribution < -0.4 is 5.32 Å². The highest BCUT2D eigenvalue weighted by Crippen LogP contribution is 2.22. The Morgan fingerprint density at radius 2 is 1.74 bits per heavy atom. The summed E-state index contributed by atoms with van der Waals surface area (Å²) >= 11 is 0. The van der Waals surface area contributed by atoms with Crippen LogP contribution in [0, 0.1) is 0 Å². The minimum absolute atomic E-state index is 0. The average molecular weight is 496 g/mol. The van der Waals surface area contributed by atoms with Crippen molar-refractivity contribution in [3.8, 4) is 0 Å². The number of halogens is 1. The summed E-state index contributed by atoms with van der Waals surface area (Å²) in [6.45, 7) is 19.6. The summed E-state index contributed by atoms with van der Waals surface area (Å²) in [7, 11) is 0. The van der Waals surface area contributed by atoms with E-state index in [2.05, 4.69) is 56.7 Å². The lowest BCUT2D eigenvalue weighted by Gasteiger charge is -2.44. The zero-order valence-corrected chi connectivity index (χ0v) is 20.5. The molecule has 160 valence electrons. The number of piperidine rings is 1. The van der Waals surface area contributed by atoms with Gasteiger partial charge >= 0.3 is 0 Å². The van der Waals surface area contributed by atoms with Crippen LogP contribution in [0.4, 0.5) is 0 Å². The molecule has 2 heterocycles. The quantitative estimate of drug-likeness (QED) is 0.348. The molecule has 2 aliphatic rings. The van der Waals surface area contributed by atoms with Gasteiger partial charge in [-0.3, -0.25) is 9.89 Å². The van der Waals surface area contributed by atoms with Crippen LogP contribution in [-0.2, 0) is 9.47 Å². The Labute approximate surface area is 183 Å². The van der Waals surface area contributed by atoms with Crippen molar-refractivity contribution in [2.24, 2.45) is 4.99 Å². The monoisotopic (exact) mass is 496 g/mol. The second kappa shape index (κ2) is 11.8. The van der Waals surface area contributed by atoms with Crippen molar-refractivity contribution in [2.75, 3.05) is 45.9 Å². The van der Waals surface area contributed by atoms with E-state index in [0.29, 0.717) is 6.10 Å². The van der Waals surface area contributed by atoms with Gasteiger partial charge < -0.3 is 19.7 Å². The molecular weight excluding hydrogens is 455 g/mol. The summed E-state index contributed by atoms with van der Waals surface area (Å²) in [6.07, 6.45) is 3.15. The van der Waals surface area contributed by atoms with E-state index in [-0.39, 0.29) is 41.7 Å². The first-order valence-electron chi connectivity index (χ1n) is 10.4. The summed E-state index contributed by atoms with van der Waals surface area (Å²) in [5.74, 6) is 1.05. The van der Waals surface area contributed by atoms with Gasteiger partial charge in [0.05, 0.1) is 24.9 Å². The molecule has 0 amide bonds. The summed E-state index contributed by atoms with van der Waals surface area (Å²) in [6, 6.07) is 0. The van der Waals surface area contributed by atoms with Gasteiger partial charge in [-0.1, -0.05) is 0 Å². The molecule has 1 N–H and O–H groups in total. The van der Waals surface area contributed by atoms with Gasteiger partial charge in [-0.25, -0.2) is 0 Å². The van der Waals surface area contributed by atoms with Crippen LogP contribution in [0.3, 0.4) is 0 Å². The Bertz CT molecular complexity index is 443. The van der Waals surface area contributed by atoms with Crippen molar-refractivity contribution in [1.82, 2.24) is 15.1 Å². The van der Waals surface area contributed by atoms with Crippen LogP contribution in [0.5, 0.6) is 0 Å². The van der Waals surface area contributed by atoms with Gasteiger partial charge in [0.2, 0.25) is 0 Å². The lowest BCUT2D eigenvalue weighted by atomic mass is 10.0. The maximum absolute atomic E-state index is 5.89. The molecule has 2 fully saturated rings. The number of guanidine groups is 1. The van der Waals surface area contributed by atoms with Gasteiger partial charge in [0.1, 0.15) is 0 Å². The maximum Gasteiger partial charge on any atom is 0.193 e. The Morgan fingerprint density at radius 3 is 2.26 bits per heavy atom. The summed E-state index contributed by atoms with van der Waals surface area (Å²) in [5, 5.41) is 3.48. The maximum atomic E-state index is 5.89. The smallest absolute Gasteiger partial charge is 0.193 e. The first-order valence-corrected chi connectivity index (χ1v) is 10.4. The Balaban J connectivity index is 0.00000364. The number of nitrogens with zero attached hydrogens (tertiary/aromatic N) is 3. The SMILES string of the molecule is CCNC(=NCC(C)(C)N1CC(C)OC(C)C1)N1CCC(OCC)CC1.I. The molecule has 7 heteroatoms.